The van der Waals surface area contributed by atoms with E-state index in [1.807, 2.05) is 0 Å². The van der Waals surface area contributed by atoms with E-state index in [9.17, 15) is 0 Å². The Morgan fingerprint density at radius 1 is 1.53 bits per heavy atom. The second-order valence-corrected chi connectivity index (χ2v) is 6.85. The predicted molar refractivity (Wildman–Crippen MR) is 81.5 cm³/mol. The third-order valence-corrected chi connectivity index (χ3v) is 4.52. The van der Waals surface area contributed by atoms with Crippen molar-refractivity contribution in [2.24, 2.45) is 0 Å². The lowest BCUT2D eigenvalue weighted by atomic mass is 10.2. The van der Waals surface area contributed by atoms with Crippen LogP contribution in [-0.4, -0.2) is 54.1 Å². The van der Waals surface area contributed by atoms with Crippen LogP contribution in [0.3, 0.4) is 0 Å². The molecule has 0 aromatic carbocycles. The fourth-order valence-corrected chi connectivity index (χ4v) is 3.14. The summed E-state index contributed by atoms with van der Waals surface area (Å²) in [5.74, 6) is 0. The van der Waals surface area contributed by atoms with Crippen LogP contribution in [0.4, 0.5) is 0 Å². The quantitative estimate of drug-likeness (QED) is 0.862. The lowest BCUT2D eigenvalue weighted by Gasteiger charge is -2.19. The van der Waals surface area contributed by atoms with Crippen LogP contribution in [0.1, 0.15) is 31.0 Å². The Kier molecular flexibility index (Phi) is 5.33. The normalized spacial score (nSPS) is 20.8. The molecule has 1 aliphatic heterocycles. The number of thiazole rings is 1. The van der Waals surface area contributed by atoms with E-state index in [0.717, 1.165) is 13.1 Å². The molecule has 108 valence electrons. The van der Waals surface area contributed by atoms with Gasteiger partial charge in [0.1, 0.15) is 5.01 Å². The van der Waals surface area contributed by atoms with Crippen molar-refractivity contribution >= 4 is 11.3 Å². The first kappa shape index (κ1) is 14.9. The standard InChI is InChI=1S/C14H26N4S/c1-11(2)15-7-14-16-12(10-19-14)8-18-6-5-13(9-18)17(3)4/h10-11,13,15H,5-9H2,1-4H3. The summed E-state index contributed by atoms with van der Waals surface area (Å²) < 4.78 is 0. The van der Waals surface area contributed by atoms with Crippen LogP contribution in [0.5, 0.6) is 0 Å². The zero-order valence-electron chi connectivity index (χ0n) is 12.5. The van der Waals surface area contributed by atoms with Crippen LogP contribution in [0.25, 0.3) is 0 Å². The van der Waals surface area contributed by atoms with E-state index in [2.05, 4.69) is 48.4 Å². The SMILES string of the molecule is CC(C)NCc1nc(CN2CCC(N(C)C)C2)cs1. The minimum absolute atomic E-state index is 0.520. The molecule has 1 saturated heterocycles. The van der Waals surface area contributed by atoms with Crippen molar-refractivity contribution in [1.29, 1.82) is 0 Å². The predicted octanol–water partition coefficient (Wildman–Crippen LogP) is 1.78. The van der Waals surface area contributed by atoms with E-state index in [1.165, 1.54) is 30.2 Å². The molecule has 1 N–H and O–H groups in total. The van der Waals surface area contributed by atoms with E-state index in [-0.39, 0.29) is 0 Å². The van der Waals surface area contributed by atoms with Crippen molar-refractivity contribution in [3.05, 3.63) is 16.1 Å². The molecule has 0 amide bonds. The highest BCUT2D eigenvalue weighted by Crippen LogP contribution is 2.17. The molecule has 1 fully saturated rings. The molecule has 1 aromatic heterocycles. The maximum absolute atomic E-state index is 4.72. The summed E-state index contributed by atoms with van der Waals surface area (Å²) in [6.07, 6.45) is 1.28. The Bertz CT molecular complexity index is 389. The van der Waals surface area contributed by atoms with Gasteiger partial charge in [-0.1, -0.05) is 13.8 Å². The first-order valence-corrected chi connectivity index (χ1v) is 7.98. The third kappa shape index (κ3) is 4.53. The second kappa shape index (κ2) is 6.79. The molecule has 5 heteroatoms. The van der Waals surface area contributed by atoms with Crippen LogP contribution in [-0.2, 0) is 13.1 Å². The lowest BCUT2D eigenvalue weighted by Crippen LogP contribution is -2.31. The highest BCUT2D eigenvalue weighted by Gasteiger charge is 2.24. The van der Waals surface area contributed by atoms with Crippen LogP contribution in [0.15, 0.2) is 5.38 Å². The van der Waals surface area contributed by atoms with Crippen molar-refractivity contribution < 1.29 is 0 Å². The number of likely N-dealkylation sites (tertiary alicyclic amines) is 1. The maximum atomic E-state index is 4.72. The van der Waals surface area contributed by atoms with Crippen molar-refractivity contribution in [3.63, 3.8) is 0 Å². The van der Waals surface area contributed by atoms with E-state index < -0.39 is 0 Å². The van der Waals surface area contributed by atoms with Crippen molar-refractivity contribution in [2.45, 2.75) is 45.4 Å². The number of nitrogens with one attached hydrogen (secondary N) is 1. The molecule has 0 bridgehead atoms. The van der Waals surface area contributed by atoms with Crippen LogP contribution in [0.2, 0.25) is 0 Å². The van der Waals surface area contributed by atoms with Gasteiger partial charge in [-0.05, 0) is 20.5 Å². The first-order valence-electron chi connectivity index (χ1n) is 7.10. The summed E-state index contributed by atoms with van der Waals surface area (Å²) in [5.41, 5.74) is 1.23. The van der Waals surface area contributed by atoms with Gasteiger partial charge in [0.25, 0.3) is 0 Å². The van der Waals surface area contributed by atoms with Crippen LogP contribution >= 0.6 is 11.3 Å². The highest BCUT2D eigenvalue weighted by atomic mass is 32.1. The van der Waals surface area contributed by atoms with Gasteiger partial charge in [-0.3, -0.25) is 4.90 Å². The zero-order chi connectivity index (χ0) is 13.8. The van der Waals surface area contributed by atoms with Gasteiger partial charge in [0.05, 0.1) is 5.69 Å². The van der Waals surface area contributed by atoms with E-state index in [4.69, 9.17) is 4.98 Å². The molecule has 2 rings (SSSR count). The Balaban J connectivity index is 1.80. The van der Waals surface area contributed by atoms with Gasteiger partial charge in [-0.15, -0.1) is 11.3 Å². The average molecular weight is 282 g/mol. The minimum atomic E-state index is 0.520. The molecule has 19 heavy (non-hydrogen) atoms. The molecule has 0 spiro atoms. The Labute approximate surface area is 120 Å². The van der Waals surface area contributed by atoms with Crippen LogP contribution < -0.4 is 5.32 Å². The molecule has 2 heterocycles. The molecule has 1 unspecified atom stereocenters. The summed E-state index contributed by atoms with van der Waals surface area (Å²) in [6.45, 7) is 8.59. The molecule has 0 saturated carbocycles. The molecule has 1 aliphatic rings. The van der Waals surface area contributed by atoms with Gasteiger partial charge < -0.3 is 10.2 Å². The van der Waals surface area contributed by atoms with Crippen LogP contribution in [0, 0.1) is 0 Å². The monoisotopic (exact) mass is 282 g/mol. The number of hydrogen-bond donors (Lipinski definition) is 1. The minimum Gasteiger partial charge on any atom is -0.308 e. The molecular weight excluding hydrogens is 256 g/mol. The Morgan fingerprint density at radius 3 is 2.95 bits per heavy atom. The molecule has 0 radical (unpaired) electrons. The number of hydrogen-bond acceptors (Lipinski definition) is 5. The Hall–Kier alpha value is -0.490. The maximum Gasteiger partial charge on any atom is 0.107 e. The molecule has 4 nitrogen and oxygen atoms in total. The van der Waals surface area contributed by atoms with Crippen molar-refractivity contribution in [3.8, 4) is 0 Å². The summed E-state index contributed by atoms with van der Waals surface area (Å²) >= 11 is 1.77. The third-order valence-electron chi connectivity index (χ3n) is 3.62. The van der Waals surface area contributed by atoms with E-state index >= 15 is 0 Å². The number of rotatable bonds is 6. The number of aromatic nitrogens is 1. The van der Waals surface area contributed by atoms with Crippen molar-refractivity contribution in [1.82, 2.24) is 20.1 Å². The van der Waals surface area contributed by atoms with Gasteiger partial charge in [-0.2, -0.15) is 0 Å². The molecule has 0 aliphatic carbocycles. The summed E-state index contributed by atoms with van der Waals surface area (Å²) in [5, 5.41) is 6.83. The molecule has 1 aromatic rings. The average Bonchev–Trinajstić information content (AvgIpc) is 2.96. The Morgan fingerprint density at radius 2 is 2.32 bits per heavy atom. The molecule has 1 atom stereocenters. The number of likely N-dealkylation sites (N-methyl/N-ethyl adjacent to an activating group) is 1. The van der Waals surface area contributed by atoms with Gasteiger partial charge in [0, 0.05) is 43.6 Å². The second-order valence-electron chi connectivity index (χ2n) is 5.91. The smallest absolute Gasteiger partial charge is 0.107 e. The van der Waals surface area contributed by atoms with Crippen molar-refractivity contribution in [2.75, 3.05) is 27.2 Å². The highest BCUT2D eigenvalue weighted by molar-refractivity contribution is 7.09. The van der Waals surface area contributed by atoms with Gasteiger partial charge in [0.2, 0.25) is 0 Å². The first-order chi connectivity index (χ1) is 9.04. The molecular formula is C14H26N4S. The van der Waals surface area contributed by atoms with Gasteiger partial charge in [-0.25, -0.2) is 4.98 Å². The van der Waals surface area contributed by atoms with Gasteiger partial charge in [0.15, 0.2) is 0 Å². The fourth-order valence-electron chi connectivity index (χ4n) is 2.40. The van der Waals surface area contributed by atoms with E-state index in [1.54, 1.807) is 11.3 Å². The number of nitrogens with zero attached hydrogens (tertiary/aromatic N) is 3. The summed E-state index contributed by atoms with van der Waals surface area (Å²) in [6, 6.07) is 1.23. The summed E-state index contributed by atoms with van der Waals surface area (Å²) in [7, 11) is 4.35. The largest absolute Gasteiger partial charge is 0.308 e. The topological polar surface area (TPSA) is 31.4 Å². The lowest BCUT2D eigenvalue weighted by molar-refractivity contribution is 0.263. The fraction of sp³-hybridized carbons (Fsp3) is 0.786. The summed E-state index contributed by atoms with van der Waals surface area (Å²) in [4.78, 5) is 9.56. The van der Waals surface area contributed by atoms with Gasteiger partial charge >= 0.3 is 0 Å². The van der Waals surface area contributed by atoms with E-state index in [0.29, 0.717) is 12.1 Å². The zero-order valence-corrected chi connectivity index (χ0v) is 13.3.